The number of hydrogen-bond acceptors (Lipinski definition) is 4. The summed E-state index contributed by atoms with van der Waals surface area (Å²) < 4.78 is 66.8. The van der Waals surface area contributed by atoms with Gasteiger partial charge in [0.05, 0.1) is 22.0 Å². The lowest BCUT2D eigenvalue weighted by atomic mass is 10.1. The Labute approximate surface area is 172 Å². The molecule has 1 aromatic heterocycles. The maximum atomic E-state index is 13.4. The van der Waals surface area contributed by atoms with E-state index < -0.39 is 34.0 Å². The number of carbonyl (C=O) groups is 1. The lowest BCUT2D eigenvalue weighted by Gasteiger charge is -2.13. The van der Waals surface area contributed by atoms with Gasteiger partial charge in [-0.25, -0.2) is 12.4 Å². The summed E-state index contributed by atoms with van der Waals surface area (Å²) in [6.07, 6.45) is -5.36. The number of rotatable bonds is 4. The van der Waals surface area contributed by atoms with E-state index in [0.29, 0.717) is 10.0 Å². The Hall–Kier alpha value is -2.64. The molecule has 150 valence electrons. The van der Waals surface area contributed by atoms with Gasteiger partial charge in [-0.15, -0.1) is 0 Å². The second kappa shape index (κ2) is 7.31. The van der Waals surface area contributed by atoms with E-state index >= 15 is 0 Å². The maximum absolute atomic E-state index is 13.4. The number of nitriles is 1. The number of carbonyl (C=O) groups excluding carboxylic acids is 1. The molecule has 2 aromatic carbocycles. The molecular formula is C19H12BrF3N2O3S. The Morgan fingerprint density at radius 2 is 1.79 bits per heavy atom. The number of hydrogen-bond donors (Lipinski definition) is 0. The quantitative estimate of drug-likeness (QED) is 0.484. The van der Waals surface area contributed by atoms with Gasteiger partial charge in [0.2, 0.25) is 0 Å². The Kier molecular flexibility index (Phi) is 5.32. The zero-order chi connectivity index (χ0) is 21.6. The number of Topliss-reactive ketones (excluding diaryl/α,β-unsaturated/α-hetero) is 1. The summed E-state index contributed by atoms with van der Waals surface area (Å²) in [5.41, 5.74) is -0.983. The molecule has 3 rings (SSSR count). The highest BCUT2D eigenvalue weighted by molar-refractivity contribution is 9.10. The topological polar surface area (TPSA) is 79.9 Å². The van der Waals surface area contributed by atoms with E-state index in [1.165, 1.54) is 30.3 Å². The van der Waals surface area contributed by atoms with Gasteiger partial charge in [0.1, 0.15) is 12.1 Å². The summed E-state index contributed by atoms with van der Waals surface area (Å²) in [6, 6.07) is 10.3. The van der Waals surface area contributed by atoms with Crippen molar-refractivity contribution >= 4 is 42.6 Å². The van der Waals surface area contributed by atoms with Crippen molar-refractivity contribution in [2.75, 3.05) is 0 Å². The first kappa shape index (κ1) is 21.1. The number of benzene rings is 2. The second-order valence-corrected chi connectivity index (χ2v) is 8.90. The van der Waals surface area contributed by atoms with Gasteiger partial charge in [-0.05, 0) is 37.3 Å². The summed E-state index contributed by atoms with van der Waals surface area (Å²) in [5.74, 6) is -0.816. The lowest BCUT2D eigenvalue weighted by molar-refractivity contribution is -0.138. The Balaban J connectivity index is 2.41. The van der Waals surface area contributed by atoms with Crippen LogP contribution in [0.1, 0.15) is 28.0 Å². The summed E-state index contributed by atoms with van der Waals surface area (Å²) in [7, 11) is -4.40. The number of ketones is 1. The Bertz CT molecular complexity index is 1270. The summed E-state index contributed by atoms with van der Waals surface area (Å²) in [5, 5.41) is 8.94. The zero-order valence-electron chi connectivity index (χ0n) is 14.8. The fourth-order valence-corrected chi connectivity index (χ4v) is 4.96. The predicted octanol–water partition coefficient (Wildman–Crippen LogP) is 5.06. The molecule has 5 nitrogen and oxygen atoms in total. The third kappa shape index (κ3) is 3.80. The molecule has 0 fully saturated rings. The van der Waals surface area contributed by atoms with Crippen molar-refractivity contribution in [3.8, 4) is 6.07 Å². The maximum Gasteiger partial charge on any atom is 0.417 e. The van der Waals surface area contributed by atoms with E-state index in [2.05, 4.69) is 15.9 Å². The molecular weight excluding hydrogens is 473 g/mol. The molecule has 0 saturated heterocycles. The molecule has 29 heavy (non-hydrogen) atoms. The van der Waals surface area contributed by atoms with Gasteiger partial charge < -0.3 is 0 Å². The van der Waals surface area contributed by atoms with Gasteiger partial charge in [-0.3, -0.25) is 4.79 Å². The molecule has 0 unspecified atom stereocenters. The summed E-state index contributed by atoms with van der Waals surface area (Å²) in [6.45, 7) is 1.75. The van der Waals surface area contributed by atoms with E-state index in [9.17, 15) is 26.4 Å². The van der Waals surface area contributed by atoms with Crippen molar-refractivity contribution in [2.24, 2.45) is 0 Å². The van der Waals surface area contributed by atoms with Crippen molar-refractivity contribution in [1.82, 2.24) is 3.97 Å². The average Bonchev–Trinajstić information content (AvgIpc) is 3.00. The average molecular weight is 485 g/mol. The molecule has 0 aliphatic rings. The molecule has 0 bridgehead atoms. The number of fused-ring (bicyclic) bond motifs is 1. The van der Waals surface area contributed by atoms with Gasteiger partial charge in [-0.2, -0.15) is 18.4 Å². The van der Waals surface area contributed by atoms with Crippen molar-refractivity contribution in [3.63, 3.8) is 0 Å². The molecule has 0 saturated carbocycles. The highest BCUT2D eigenvalue weighted by Crippen LogP contribution is 2.39. The van der Waals surface area contributed by atoms with E-state index in [1.807, 2.05) is 0 Å². The molecule has 0 atom stereocenters. The van der Waals surface area contributed by atoms with Crippen LogP contribution in [-0.2, 0) is 16.2 Å². The third-order valence-corrected chi connectivity index (χ3v) is 6.63. The molecule has 1 heterocycles. The first-order chi connectivity index (χ1) is 13.5. The number of aromatic nitrogens is 1. The number of alkyl halides is 3. The smallest absolute Gasteiger partial charge is 0.291 e. The van der Waals surface area contributed by atoms with Gasteiger partial charge in [0.25, 0.3) is 10.0 Å². The minimum atomic E-state index is -4.74. The molecule has 3 aromatic rings. The van der Waals surface area contributed by atoms with Crippen LogP contribution in [0, 0.1) is 18.3 Å². The summed E-state index contributed by atoms with van der Waals surface area (Å²) in [4.78, 5) is 12.2. The van der Waals surface area contributed by atoms with Crippen LogP contribution in [0.2, 0.25) is 0 Å². The van der Waals surface area contributed by atoms with E-state index in [4.69, 9.17) is 5.26 Å². The van der Waals surface area contributed by atoms with Crippen LogP contribution in [0.25, 0.3) is 10.9 Å². The molecule has 0 amide bonds. The molecule has 0 spiro atoms. The van der Waals surface area contributed by atoms with Crippen LogP contribution in [0.4, 0.5) is 13.2 Å². The molecule has 0 aliphatic heterocycles. The standard InChI is InChI=1S/C19H12BrF3N2O3S/c1-11-2-4-13(5-3-11)29(27,28)25-16-10-14(19(21,22)23)15(20)8-12(16)9-17(25)18(26)6-7-24/h2-5,8-10H,6H2,1H3. The highest BCUT2D eigenvalue weighted by Gasteiger charge is 2.35. The highest BCUT2D eigenvalue weighted by atomic mass is 79.9. The molecule has 0 radical (unpaired) electrons. The number of halogens is 4. The van der Waals surface area contributed by atoms with Gasteiger partial charge in [0.15, 0.2) is 5.78 Å². The van der Waals surface area contributed by atoms with E-state index in [1.54, 1.807) is 13.0 Å². The molecule has 0 N–H and O–H groups in total. The van der Waals surface area contributed by atoms with Crippen LogP contribution in [0.3, 0.4) is 0 Å². The number of nitrogens with zero attached hydrogens (tertiary/aromatic N) is 2. The van der Waals surface area contributed by atoms with Crippen LogP contribution in [-0.4, -0.2) is 18.2 Å². The summed E-state index contributed by atoms with van der Waals surface area (Å²) >= 11 is 2.84. The molecule has 0 aliphatic carbocycles. The van der Waals surface area contributed by atoms with Crippen molar-refractivity contribution in [2.45, 2.75) is 24.4 Å². The molecule has 10 heteroatoms. The van der Waals surface area contributed by atoms with E-state index in [-0.39, 0.29) is 26.0 Å². The zero-order valence-corrected chi connectivity index (χ0v) is 17.2. The van der Waals surface area contributed by atoms with Gasteiger partial charge in [0, 0.05) is 9.86 Å². The Morgan fingerprint density at radius 3 is 2.34 bits per heavy atom. The monoisotopic (exact) mass is 484 g/mol. The first-order valence-corrected chi connectivity index (χ1v) is 10.3. The van der Waals surface area contributed by atoms with Crippen molar-refractivity contribution in [3.05, 3.63) is 63.8 Å². The van der Waals surface area contributed by atoms with Gasteiger partial charge in [-0.1, -0.05) is 33.6 Å². The second-order valence-electron chi connectivity index (χ2n) is 6.26. The van der Waals surface area contributed by atoms with Crippen LogP contribution < -0.4 is 0 Å². The van der Waals surface area contributed by atoms with Crippen molar-refractivity contribution < 1.29 is 26.4 Å². The Morgan fingerprint density at radius 1 is 1.17 bits per heavy atom. The predicted molar refractivity (Wildman–Crippen MR) is 103 cm³/mol. The van der Waals surface area contributed by atoms with Crippen molar-refractivity contribution in [1.29, 1.82) is 5.26 Å². The largest absolute Gasteiger partial charge is 0.417 e. The normalized spacial score (nSPS) is 12.1. The van der Waals surface area contributed by atoms with Crippen LogP contribution >= 0.6 is 15.9 Å². The SMILES string of the molecule is Cc1ccc(S(=O)(=O)n2c(C(=O)CC#N)cc3cc(Br)c(C(F)(F)F)cc32)cc1. The first-order valence-electron chi connectivity index (χ1n) is 8.11. The number of aryl methyl sites for hydroxylation is 1. The van der Waals surface area contributed by atoms with Gasteiger partial charge >= 0.3 is 6.18 Å². The van der Waals surface area contributed by atoms with Crippen LogP contribution in [0.15, 0.2) is 51.8 Å². The minimum absolute atomic E-state index is 0.113. The minimum Gasteiger partial charge on any atom is -0.291 e. The lowest BCUT2D eigenvalue weighted by Crippen LogP contribution is -2.18. The van der Waals surface area contributed by atoms with E-state index in [0.717, 1.165) is 11.6 Å². The fraction of sp³-hybridized carbons (Fsp3) is 0.158. The fourth-order valence-electron chi connectivity index (χ4n) is 2.85. The van der Waals surface area contributed by atoms with Crippen LogP contribution in [0.5, 0.6) is 0 Å². The third-order valence-electron chi connectivity index (χ3n) is 4.24.